The van der Waals surface area contributed by atoms with E-state index in [1.807, 2.05) is 5.32 Å². The van der Waals surface area contributed by atoms with E-state index < -0.39 is 24.4 Å². The number of para-hydroxylation sites is 1. The van der Waals surface area contributed by atoms with Crippen molar-refractivity contribution in [1.82, 2.24) is 5.32 Å². The minimum Gasteiger partial charge on any atom is -0.459 e. The molecule has 0 bridgehead atoms. The van der Waals surface area contributed by atoms with Crippen molar-refractivity contribution >= 4 is 40.7 Å². The Morgan fingerprint density at radius 3 is 2.54 bits per heavy atom. The van der Waals surface area contributed by atoms with Crippen molar-refractivity contribution in [3.63, 3.8) is 0 Å². The highest BCUT2D eigenvalue weighted by molar-refractivity contribution is 7.08. The molecule has 0 aliphatic heterocycles. The van der Waals surface area contributed by atoms with Crippen molar-refractivity contribution < 1.29 is 28.3 Å². The number of amides is 3. The van der Waals surface area contributed by atoms with Crippen LogP contribution in [0.4, 0.5) is 5.69 Å². The van der Waals surface area contributed by atoms with Gasteiger partial charge in [-0.25, -0.2) is 4.79 Å². The summed E-state index contributed by atoms with van der Waals surface area (Å²) in [4.78, 5) is 48.0. The number of carbonyl (C=O) groups excluding carboxylic acids is 4. The van der Waals surface area contributed by atoms with Crippen molar-refractivity contribution in [1.29, 1.82) is 0 Å². The fourth-order valence-corrected chi connectivity index (χ4v) is 2.84. The summed E-state index contributed by atoms with van der Waals surface area (Å²) in [6.45, 7) is -0.669. The van der Waals surface area contributed by atoms with Gasteiger partial charge in [-0.1, -0.05) is 12.1 Å². The number of esters is 1. The number of hydrogen-bond acceptors (Lipinski definition) is 7. The highest BCUT2D eigenvalue weighted by Gasteiger charge is 2.18. The van der Waals surface area contributed by atoms with Crippen LogP contribution < -0.4 is 10.6 Å². The monoisotopic (exact) mass is 398 g/mol. The van der Waals surface area contributed by atoms with Gasteiger partial charge in [-0.2, -0.15) is 11.3 Å². The number of ether oxygens (including phenoxy) is 1. The van der Waals surface area contributed by atoms with Gasteiger partial charge in [0.05, 0.1) is 23.1 Å². The van der Waals surface area contributed by atoms with E-state index in [2.05, 4.69) is 5.32 Å². The second-order valence-electron chi connectivity index (χ2n) is 5.44. The molecule has 2 heterocycles. The Morgan fingerprint density at radius 2 is 1.82 bits per heavy atom. The van der Waals surface area contributed by atoms with Gasteiger partial charge in [0.15, 0.2) is 12.4 Å². The van der Waals surface area contributed by atoms with E-state index in [0.717, 1.165) is 0 Å². The van der Waals surface area contributed by atoms with Crippen LogP contribution in [0.5, 0.6) is 0 Å². The molecule has 1 aromatic carbocycles. The molecule has 0 spiro atoms. The molecule has 2 aromatic heterocycles. The number of furan rings is 1. The number of carbonyl (C=O) groups is 4. The smallest absolute Gasteiger partial charge is 0.340 e. The predicted molar refractivity (Wildman–Crippen MR) is 100 cm³/mol. The average molecular weight is 398 g/mol. The number of imide groups is 1. The molecule has 0 unspecified atom stereocenters. The van der Waals surface area contributed by atoms with Gasteiger partial charge in [0.2, 0.25) is 0 Å². The highest BCUT2D eigenvalue weighted by Crippen LogP contribution is 2.18. The van der Waals surface area contributed by atoms with Gasteiger partial charge in [0.25, 0.3) is 17.7 Å². The summed E-state index contributed by atoms with van der Waals surface area (Å²) in [6.07, 6.45) is 1.29. The van der Waals surface area contributed by atoms with E-state index in [4.69, 9.17) is 9.15 Å². The summed E-state index contributed by atoms with van der Waals surface area (Å²) in [7, 11) is 0. The highest BCUT2D eigenvalue weighted by atomic mass is 32.1. The SMILES string of the molecule is O=C(COC(=O)c1ccccc1NC(=O)c1ccsc1)NC(=O)c1ccco1. The molecule has 28 heavy (non-hydrogen) atoms. The molecule has 9 heteroatoms. The topological polar surface area (TPSA) is 115 Å². The maximum absolute atomic E-state index is 12.3. The summed E-state index contributed by atoms with van der Waals surface area (Å²) in [5, 5.41) is 8.11. The van der Waals surface area contributed by atoms with Crippen molar-refractivity contribution in [3.05, 3.63) is 76.4 Å². The standard InChI is InChI=1S/C19H14N2O6S/c22-16(21-18(24)15-6-3-8-26-15)10-27-19(25)13-4-1-2-5-14(13)20-17(23)12-7-9-28-11-12/h1-9,11H,10H2,(H,20,23)(H,21,22,24). The third-order valence-corrected chi connectivity index (χ3v) is 4.19. The lowest BCUT2D eigenvalue weighted by Crippen LogP contribution is -2.34. The third kappa shape index (κ3) is 4.71. The maximum Gasteiger partial charge on any atom is 0.340 e. The Labute approximate surface area is 163 Å². The number of rotatable bonds is 6. The van der Waals surface area contributed by atoms with Gasteiger partial charge in [0, 0.05) is 5.38 Å². The van der Waals surface area contributed by atoms with Crippen LogP contribution in [-0.2, 0) is 9.53 Å². The molecule has 3 rings (SSSR count). The third-order valence-electron chi connectivity index (χ3n) is 3.51. The molecule has 0 aliphatic carbocycles. The lowest BCUT2D eigenvalue weighted by atomic mass is 10.1. The first-order valence-corrected chi connectivity index (χ1v) is 8.96. The molecule has 3 aromatic rings. The molecule has 0 radical (unpaired) electrons. The number of hydrogen-bond donors (Lipinski definition) is 2. The minimum absolute atomic E-state index is 0.0406. The molecule has 0 fully saturated rings. The second kappa shape index (κ2) is 8.78. The zero-order chi connectivity index (χ0) is 19.9. The number of anilines is 1. The van der Waals surface area contributed by atoms with Gasteiger partial charge in [0.1, 0.15) is 0 Å². The van der Waals surface area contributed by atoms with Crippen LogP contribution in [0.25, 0.3) is 0 Å². The molecule has 0 aliphatic rings. The lowest BCUT2D eigenvalue weighted by Gasteiger charge is -2.10. The number of thiophene rings is 1. The molecule has 142 valence electrons. The van der Waals surface area contributed by atoms with Gasteiger partial charge in [-0.05, 0) is 35.7 Å². The van der Waals surface area contributed by atoms with Gasteiger partial charge >= 0.3 is 5.97 Å². The van der Waals surface area contributed by atoms with Crippen molar-refractivity contribution in [2.75, 3.05) is 11.9 Å². The number of nitrogens with one attached hydrogen (secondary N) is 2. The van der Waals surface area contributed by atoms with Crippen molar-refractivity contribution in [3.8, 4) is 0 Å². The first-order chi connectivity index (χ1) is 13.5. The summed E-state index contributed by atoms with van der Waals surface area (Å²) in [5.74, 6) is -2.78. The molecule has 0 saturated carbocycles. The molecular formula is C19H14N2O6S. The van der Waals surface area contributed by atoms with E-state index in [-0.39, 0.29) is 22.9 Å². The molecule has 2 N–H and O–H groups in total. The van der Waals surface area contributed by atoms with E-state index >= 15 is 0 Å². The lowest BCUT2D eigenvalue weighted by molar-refractivity contribution is -0.123. The molecule has 8 nitrogen and oxygen atoms in total. The summed E-state index contributed by atoms with van der Waals surface area (Å²) in [5.41, 5.74) is 0.788. The Morgan fingerprint density at radius 1 is 1.00 bits per heavy atom. The fraction of sp³-hybridized carbons (Fsp3) is 0.0526. The normalized spacial score (nSPS) is 10.1. The quantitative estimate of drug-likeness (QED) is 0.617. The summed E-state index contributed by atoms with van der Waals surface area (Å²) in [6, 6.07) is 10.8. The Hall–Kier alpha value is -3.72. The van der Waals surface area contributed by atoms with Crippen LogP contribution in [0.3, 0.4) is 0 Å². The average Bonchev–Trinajstić information content (AvgIpc) is 3.40. The van der Waals surface area contributed by atoms with Crippen LogP contribution >= 0.6 is 11.3 Å². The van der Waals surface area contributed by atoms with E-state index in [9.17, 15) is 19.2 Å². The van der Waals surface area contributed by atoms with Crippen LogP contribution in [0.2, 0.25) is 0 Å². The minimum atomic E-state index is -0.818. The second-order valence-corrected chi connectivity index (χ2v) is 6.22. The fourth-order valence-electron chi connectivity index (χ4n) is 2.20. The maximum atomic E-state index is 12.3. The summed E-state index contributed by atoms with van der Waals surface area (Å²) < 4.78 is 9.80. The Balaban J connectivity index is 1.59. The zero-order valence-corrected chi connectivity index (χ0v) is 15.2. The van der Waals surface area contributed by atoms with Gasteiger partial charge < -0.3 is 14.5 Å². The van der Waals surface area contributed by atoms with Gasteiger partial charge in [-0.15, -0.1) is 0 Å². The van der Waals surface area contributed by atoms with E-state index in [1.165, 1.54) is 35.8 Å². The van der Waals surface area contributed by atoms with Crippen molar-refractivity contribution in [2.45, 2.75) is 0 Å². The number of benzene rings is 1. The van der Waals surface area contributed by atoms with Crippen LogP contribution in [0.1, 0.15) is 31.3 Å². The summed E-state index contributed by atoms with van der Waals surface area (Å²) >= 11 is 1.37. The van der Waals surface area contributed by atoms with Gasteiger partial charge in [-0.3, -0.25) is 19.7 Å². The van der Waals surface area contributed by atoms with E-state index in [1.54, 1.807) is 35.0 Å². The van der Waals surface area contributed by atoms with Crippen LogP contribution in [0.15, 0.2) is 63.9 Å². The Kier molecular flexibility index (Phi) is 5.97. The zero-order valence-electron chi connectivity index (χ0n) is 14.3. The first kappa shape index (κ1) is 19.1. The first-order valence-electron chi connectivity index (χ1n) is 8.02. The molecular weight excluding hydrogens is 384 g/mol. The van der Waals surface area contributed by atoms with Crippen LogP contribution in [0, 0.1) is 0 Å². The molecule has 0 saturated heterocycles. The van der Waals surface area contributed by atoms with Crippen LogP contribution in [-0.4, -0.2) is 30.3 Å². The van der Waals surface area contributed by atoms with E-state index in [0.29, 0.717) is 5.56 Å². The largest absolute Gasteiger partial charge is 0.459 e. The van der Waals surface area contributed by atoms with Crippen molar-refractivity contribution in [2.24, 2.45) is 0 Å². The predicted octanol–water partition coefficient (Wildman–Crippen LogP) is 2.71. The molecule has 3 amide bonds. The Bertz CT molecular complexity index is 995. The molecule has 0 atom stereocenters.